The Bertz CT molecular complexity index is 1350. The van der Waals surface area contributed by atoms with Gasteiger partial charge in [-0.1, -0.05) is 23.7 Å². The third-order valence-electron chi connectivity index (χ3n) is 5.10. The fourth-order valence-electron chi connectivity index (χ4n) is 3.36. The van der Waals surface area contributed by atoms with Crippen LogP contribution >= 0.6 is 11.6 Å². The Morgan fingerprint density at radius 2 is 1.72 bits per heavy atom. The minimum Gasteiger partial charge on any atom is -0.497 e. The van der Waals surface area contributed by atoms with E-state index in [1.54, 1.807) is 55.6 Å². The van der Waals surface area contributed by atoms with Gasteiger partial charge < -0.3 is 14.8 Å². The number of hydrogen-bond donors (Lipinski definition) is 2. The first-order valence-corrected chi connectivity index (χ1v) is 11.1. The predicted molar refractivity (Wildman–Crippen MR) is 134 cm³/mol. The summed E-state index contributed by atoms with van der Waals surface area (Å²) >= 11 is 5.88. The normalized spacial score (nSPS) is 14.4. The molecule has 3 aromatic carbocycles. The Labute approximate surface area is 211 Å². The summed E-state index contributed by atoms with van der Waals surface area (Å²) in [5, 5.41) is 5.31. The quantitative estimate of drug-likeness (QED) is 0.370. The van der Waals surface area contributed by atoms with Crippen molar-refractivity contribution in [3.8, 4) is 11.5 Å². The van der Waals surface area contributed by atoms with Gasteiger partial charge in [-0.05, 0) is 72.3 Å². The number of barbiturate groups is 1. The number of rotatable bonds is 7. The van der Waals surface area contributed by atoms with E-state index in [4.69, 9.17) is 21.1 Å². The van der Waals surface area contributed by atoms with Crippen LogP contribution in [0.3, 0.4) is 0 Å². The van der Waals surface area contributed by atoms with Crippen LogP contribution in [0.1, 0.15) is 5.56 Å². The van der Waals surface area contributed by atoms with Crippen molar-refractivity contribution in [3.63, 3.8) is 0 Å². The van der Waals surface area contributed by atoms with Gasteiger partial charge in [0.05, 0.1) is 12.8 Å². The Balaban J connectivity index is 1.46. The molecule has 1 aliphatic rings. The van der Waals surface area contributed by atoms with E-state index in [1.807, 2.05) is 0 Å². The third kappa shape index (κ3) is 5.70. The lowest BCUT2D eigenvalue weighted by atomic mass is 10.1. The molecule has 36 heavy (non-hydrogen) atoms. The van der Waals surface area contributed by atoms with Crippen LogP contribution in [0.5, 0.6) is 11.5 Å². The number of nitrogens with zero attached hydrogens (tertiary/aromatic N) is 1. The Hall–Kier alpha value is -4.63. The van der Waals surface area contributed by atoms with Crippen LogP contribution in [-0.2, 0) is 14.4 Å². The van der Waals surface area contributed by atoms with Gasteiger partial charge in [0.15, 0.2) is 6.61 Å². The zero-order valence-electron chi connectivity index (χ0n) is 19.0. The molecule has 0 unspecified atom stereocenters. The molecule has 0 saturated carbocycles. The molecule has 182 valence electrons. The van der Waals surface area contributed by atoms with E-state index in [0.717, 1.165) is 4.90 Å². The zero-order chi connectivity index (χ0) is 25.7. The molecule has 1 fully saturated rings. The van der Waals surface area contributed by atoms with Crippen LogP contribution < -0.4 is 25.0 Å². The highest BCUT2D eigenvalue weighted by Gasteiger charge is 2.36. The standard InChI is InChI=1S/C26H20ClN3O6/c1-35-20-11-7-18(8-12-20)28-23(31)15-36-21-4-2-3-16(13-21)14-22-24(32)29-26(34)30(25(22)33)19-9-5-17(27)6-10-19/h2-14H,15H2,1H3,(H,28,31)(H,29,32,34)/b22-14-. The molecule has 0 aliphatic carbocycles. The van der Waals surface area contributed by atoms with Gasteiger partial charge in [0.2, 0.25) is 0 Å². The molecule has 0 radical (unpaired) electrons. The molecule has 0 spiro atoms. The molecule has 10 heteroatoms. The minimum absolute atomic E-state index is 0.237. The number of urea groups is 1. The van der Waals surface area contributed by atoms with Gasteiger partial charge in [0, 0.05) is 10.7 Å². The molecule has 3 aromatic rings. The summed E-state index contributed by atoms with van der Waals surface area (Å²) in [5.74, 6) is -0.955. The zero-order valence-corrected chi connectivity index (χ0v) is 19.7. The van der Waals surface area contributed by atoms with Crippen molar-refractivity contribution in [1.82, 2.24) is 5.32 Å². The van der Waals surface area contributed by atoms with Crippen LogP contribution in [0.2, 0.25) is 5.02 Å². The summed E-state index contributed by atoms with van der Waals surface area (Å²) in [6, 6.07) is 18.5. The van der Waals surface area contributed by atoms with E-state index in [0.29, 0.717) is 27.8 Å². The van der Waals surface area contributed by atoms with Gasteiger partial charge in [-0.25, -0.2) is 9.69 Å². The molecule has 5 amide bonds. The molecule has 0 atom stereocenters. The monoisotopic (exact) mass is 505 g/mol. The Kier molecular flexibility index (Phi) is 7.31. The van der Waals surface area contributed by atoms with Gasteiger partial charge in [0.25, 0.3) is 17.7 Å². The molecule has 0 bridgehead atoms. The van der Waals surface area contributed by atoms with Gasteiger partial charge in [-0.2, -0.15) is 0 Å². The van der Waals surface area contributed by atoms with Crippen molar-refractivity contribution in [1.29, 1.82) is 0 Å². The van der Waals surface area contributed by atoms with E-state index in [-0.39, 0.29) is 23.8 Å². The summed E-state index contributed by atoms with van der Waals surface area (Å²) in [4.78, 5) is 50.8. The summed E-state index contributed by atoms with van der Waals surface area (Å²) < 4.78 is 10.6. The molecular weight excluding hydrogens is 486 g/mol. The number of ether oxygens (including phenoxy) is 2. The first kappa shape index (κ1) is 24.5. The minimum atomic E-state index is -0.857. The molecular formula is C26H20ClN3O6. The maximum atomic E-state index is 13.0. The van der Waals surface area contributed by atoms with Crippen molar-refractivity contribution in [2.75, 3.05) is 23.9 Å². The number of carbonyl (C=O) groups excluding carboxylic acids is 4. The molecule has 1 heterocycles. The second kappa shape index (κ2) is 10.7. The van der Waals surface area contributed by atoms with E-state index in [9.17, 15) is 19.2 Å². The Morgan fingerprint density at radius 3 is 2.42 bits per heavy atom. The highest BCUT2D eigenvalue weighted by molar-refractivity contribution is 6.39. The van der Waals surface area contributed by atoms with Crippen LogP contribution in [0.25, 0.3) is 6.08 Å². The predicted octanol–water partition coefficient (Wildman–Crippen LogP) is 4.03. The Morgan fingerprint density at radius 1 is 1.00 bits per heavy atom. The number of carbonyl (C=O) groups is 4. The summed E-state index contributed by atoms with van der Waals surface area (Å²) in [7, 11) is 1.55. The fourth-order valence-corrected chi connectivity index (χ4v) is 3.49. The molecule has 2 N–H and O–H groups in total. The van der Waals surface area contributed by atoms with Gasteiger partial charge in [-0.3, -0.25) is 19.7 Å². The summed E-state index contributed by atoms with van der Waals surface area (Å²) in [6.07, 6.45) is 1.34. The molecule has 9 nitrogen and oxygen atoms in total. The largest absolute Gasteiger partial charge is 0.497 e. The van der Waals surface area contributed by atoms with Gasteiger partial charge in [-0.15, -0.1) is 0 Å². The highest BCUT2D eigenvalue weighted by Crippen LogP contribution is 2.24. The lowest BCUT2D eigenvalue weighted by Gasteiger charge is -2.26. The molecule has 0 aromatic heterocycles. The average Bonchev–Trinajstić information content (AvgIpc) is 2.87. The van der Waals surface area contributed by atoms with Crippen molar-refractivity contribution in [3.05, 3.63) is 89.0 Å². The summed E-state index contributed by atoms with van der Waals surface area (Å²) in [5.41, 5.74) is 1.08. The second-order valence-corrected chi connectivity index (χ2v) is 8.01. The van der Waals surface area contributed by atoms with Crippen molar-refractivity contribution < 1.29 is 28.7 Å². The van der Waals surface area contributed by atoms with Crippen LogP contribution in [0, 0.1) is 0 Å². The first-order chi connectivity index (χ1) is 17.3. The number of hydrogen-bond acceptors (Lipinski definition) is 6. The molecule has 1 aliphatic heterocycles. The van der Waals surface area contributed by atoms with Gasteiger partial charge in [0.1, 0.15) is 17.1 Å². The molecule has 1 saturated heterocycles. The smallest absolute Gasteiger partial charge is 0.335 e. The van der Waals surface area contributed by atoms with Crippen molar-refractivity contribution in [2.24, 2.45) is 0 Å². The van der Waals surface area contributed by atoms with Crippen LogP contribution in [0.15, 0.2) is 78.4 Å². The van der Waals surface area contributed by atoms with E-state index < -0.39 is 17.8 Å². The van der Waals surface area contributed by atoms with Crippen molar-refractivity contribution >= 4 is 52.8 Å². The van der Waals surface area contributed by atoms with Crippen LogP contribution in [0.4, 0.5) is 16.2 Å². The number of amides is 5. The average molecular weight is 506 g/mol. The maximum absolute atomic E-state index is 13.0. The number of halogens is 1. The van der Waals surface area contributed by atoms with Crippen molar-refractivity contribution in [2.45, 2.75) is 0 Å². The first-order valence-electron chi connectivity index (χ1n) is 10.7. The summed E-state index contributed by atoms with van der Waals surface area (Å²) in [6.45, 7) is -0.260. The lowest BCUT2D eigenvalue weighted by Crippen LogP contribution is -2.54. The third-order valence-corrected chi connectivity index (χ3v) is 5.35. The number of benzene rings is 3. The number of methoxy groups -OCH3 is 1. The van der Waals surface area contributed by atoms with Gasteiger partial charge >= 0.3 is 6.03 Å². The fraction of sp³-hybridized carbons (Fsp3) is 0.0769. The topological polar surface area (TPSA) is 114 Å². The lowest BCUT2D eigenvalue weighted by molar-refractivity contribution is -0.122. The van der Waals surface area contributed by atoms with E-state index >= 15 is 0 Å². The van der Waals surface area contributed by atoms with E-state index in [1.165, 1.54) is 30.3 Å². The second-order valence-electron chi connectivity index (χ2n) is 7.57. The number of nitrogens with one attached hydrogen (secondary N) is 2. The SMILES string of the molecule is COc1ccc(NC(=O)COc2cccc(/C=C3/C(=O)NC(=O)N(c4ccc(Cl)cc4)C3=O)c2)cc1. The number of imide groups is 2. The van der Waals surface area contributed by atoms with Crippen LogP contribution in [-0.4, -0.2) is 37.5 Å². The maximum Gasteiger partial charge on any atom is 0.335 e. The molecule has 4 rings (SSSR count). The number of anilines is 2. The van der Waals surface area contributed by atoms with E-state index in [2.05, 4.69) is 10.6 Å². The highest BCUT2D eigenvalue weighted by atomic mass is 35.5.